The summed E-state index contributed by atoms with van der Waals surface area (Å²) in [4.78, 5) is 0. The molecule has 0 aromatic heterocycles. The Hall–Kier alpha value is -0.580. The molecule has 4 heteroatoms. The second-order valence-electron chi connectivity index (χ2n) is 4.15. The van der Waals surface area contributed by atoms with Crippen molar-refractivity contribution in [1.29, 1.82) is 0 Å². The Bertz CT molecular complexity index is 358. The molecule has 102 valence electrons. The van der Waals surface area contributed by atoms with Crippen LogP contribution in [0.1, 0.15) is 31.9 Å². The van der Waals surface area contributed by atoms with Gasteiger partial charge in [0, 0.05) is 17.1 Å². The monoisotopic (exact) mass is 315 g/mol. The molecule has 3 nitrogen and oxygen atoms in total. The molecule has 1 atom stereocenters. The van der Waals surface area contributed by atoms with Gasteiger partial charge in [0.05, 0.1) is 6.61 Å². The summed E-state index contributed by atoms with van der Waals surface area (Å²) in [6, 6.07) is 6.39. The van der Waals surface area contributed by atoms with E-state index in [1.165, 1.54) is 5.56 Å². The van der Waals surface area contributed by atoms with Crippen LogP contribution in [0.4, 0.5) is 0 Å². The van der Waals surface area contributed by atoms with E-state index in [9.17, 15) is 0 Å². The first-order chi connectivity index (χ1) is 8.69. The summed E-state index contributed by atoms with van der Waals surface area (Å²) in [5.74, 6) is 0.869. The van der Waals surface area contributed by atoms with Crippen molar-refractivity contribution in [2.24, 2.45) is 0 Å². The van der Waals surface area contributed by atoms with Gasteiger partial charge in [-0.05, 0) is 38.1 Å². The molecule has 0 spiro atoms. The van der Waals surface area contributed by atoms with Crippen molar-refractivity contribution < 1.29 is 9.47 Å². The molecule has 0 saturated carbocycles. The van der Waals surface area contributed by atoms with Crippen LogP contribution in [-0.4, -0.2) is 26.9 Å². The Kier molecular flexibility index (Phi) is 7.32. The van der Waals surface area contributed by atoms with Crippen LogP contribution in [0.2, 0.25) is 0 Å². The highest BCUT2D eigenvalue weighted by Crippen LogP contribution is 2.27. The fourth-order valence-electron chi connectivity index (χ4n) is 1.57. The minimum atomic E-state index is 0.321. The summed E-state index contributed by atoms with van der Waals surface area (Å²) in [6.07, 6.45) is 1.04. The Balaban J connectivity index is 2.46. The quantitative estimate of drug-likeness (QED) is 0.744. The van der Waals surface area contributed by atoms with Crippen molar-refractivity contribution in [1.82, 2.24) is 5.32 Å². The molecule has 0 saturated heterocycles. The Morgan fingerprint density at radius 2 is 2.06 bits per heavy atom. The van der Waals surface area contributed by atoms with Gasteiger partial charge in [-0.3, -0.25) is 0 Å². The average molecular weight is 316 g/mol. The predicted molar refractivity (Wildman–Crippen MR) is 78.2 cm³/mol. The molecular weight excluding hydrogens is 294 g/mol. The van der Waals surface area contributed by atoms with Crippen LogP contribution in [0.25, 0.3) is 0 Å². The average Bonchev–Trinajstić information content (AvgIpc) is 2.38. The topological polar surface area (TPSA) is 30.5 Å². The van der Waals surface area contributed by atoms with Gasteiger partial charge in [0.2, 0.25) is 0 Å². The molecule has 0 aliphatic heterocycles. The van der Waals surface area contributed by atoms with E-state index in [1.807, 2.05) is 19.2 Å². The van der Waals surface area contributed by atoms with Gasteiger partial charge in [-0.15, -0.1) is 0 Å². The van der Waals surface area contributed by atoms with Gasteiger partial charge in [-0.2, -0.15) is 0 Å². The lowest BCUT2D eigenvalue weighted by atomic mass is 10.1. The van der Waals surface area contributed by atoms with Crippen molar-refractivity contribution in [2.75, 3.05) is 26.9 Å². The summed E-state index contributed by atoms with van der Waals surface area (Å²) in [5.41, 5.74) is 1.23. The molecular formula is C14H22BrNO2. The van der Waals surface area contributed by atoms with Gasteiger partial charge in [-0.25, -0.2) is 0 Å². The highest BCUT2D eigenvalue weighted by molar-refractivity contribution is 9.10. The molecule has 1 rings (SSSR count). The SMILES string of the molecule is CCCOCCOc1ccc(C(C)NC)c(Br)c1. The van der Waals surface area contributed by atoms with E-state index in [0.717, 1.165) is 23.2 Å². The van der Waals surface area contributed by atoms with Crippen LogP contribution >= 0.6 is 15.9 Å². The third-order valence-corrected chi connectivity index (χ3v) is 3.40. The van der Waals surface area contributed by atoms with E-state index in [1.54, 1.807) is 0 Å². The highest BCUT2D eigenvalue weighted by Gasteiger charge is 2.08. The molecule has 0 aliphatic rings. The van der Waals surface area contributed by atoms with Gasteiger partial charge in [0.1, 0.15) is 12.4 Å². The molecule has 1 aromatic carbocycles. The van der Waals surface area contributed by atoms with Crippen LogP contribution in [0, 0.1) is 0 Å². The van der Waals surface area contributed by atoms with E-state index in [4.69, 9.17) is 9.47 Å². The zero-order valence-electron chi connectivity index (χ0n) is 11.3. The molecule has 0 radical (unpaired) electrons. The Labute approximate surface area is 118 Å². The van der Waals surface area contributed by atoms with E-state index in [0.29, 0.717) is 19.3 Å². The Morgan fingerprint density at radius 3 is 2.67 bits per heavy atom. The number of nitrogens with one attached hydrogen (secondary N) is 1. The molecule has 0 aliphatic carbocycles. The van der Waals surface area contributed by atoms with Crippen molar-refractivity contribution in [3.05, 3.63) is 28.2 Å². The maximum absolute atomic E-state index is 5.63. The van der Waals surface area contributed by atoms with Gasteiger partial charge in [0.15, 0.2) is 0 Å². The summed E-state index contributed by atoms with van der Waals surface area (Å²) >= 11 is 3.57. The van der Waals surface area contributed by atoms with Gasteiger partial charge in [-0.1, -0.05) is 28.9 Å². The van der Waals surface area contributed by atoms with Crippen LogP contribution in [0.15, 0.2) is 22.7 Å². The fourth-order valence-corrected chi connectivity index (χ4v) is 2.27. The molecule has 0 amide bonds. The fraction of sp³-hybridized carbons (Fsp3) is 0.571. The predicted octanol–water partition coefficient (Wildman–Crippen LogP) is 3.53. The second kappa shape index (κ2) is 8.51. The van der Waals surface area contributed by atoms with Crippen LogP contribution in [0.5, 0.6) is 5.75 Å². The maximum atomic E-state index is 5.63. The van der Waals surface area contributed by atoms with Crippen LogP contribution in [0.3, 0.4) is 0 Å². The molecule has 0 fully saturated rings. The van der Waals surface area contributed by atoms with E-state index in [-0.39, 0.29) is 0 Å². The van der Waals surface area contributed by atoms with Crippen molar-refractivity contribution in [3.63, 3.8) is 0 Å². The molecule has 1 aromatic rings. The van der Waals surface area contributed by atoms with Crippen molar-refractivity contribution >= 4 is 15.9 Å². The standard InChI is InChI=1S/C14H22BrNO2/c1-4-7-17-8-9-18-12-5-6-13(11(2)16-3)14(15)10-12/h5-6,10-11,16H,4,7-9H2,1-3H3. The number of ether oxygens (including phenoxy) is 2. The van der Waals surface area contributed by atoms with E-state index in [2.05, 4.69) is 41.2 Å². The highest BCUT2D eigenvalue weighted by atomic mass is 79.9. The molecule has 18 heavy (non-hydrogen) atoms. The summed E-state index contributed by atoms with van der Waals surface area (Å²) in [6.45, 7) is 6.25. The molecule has 0 bridgehead atoms. The number of hydrogen-bond acceptors (Lipinski definition) is 3. The molecule has 1 unspecified atom stereocenters. The smallest absolute Gasteiger partial charge is 0.120 e. The number of hydrogen-bond donors (Lipinski definition) is 1. The van der Waals surface area contributed by atoms with Gasteiger partial charge < -0.3 is 14.8 Å². The second-order valence-corrected chi connectivity index (χ2v) is 5.01. The van der Waals surface area contributed by atoms with E-state index < -0.39 is 0 Å². The molecule has 1 N–H and O–H groups in total. The summed E-state index contributed by atoms with van der Waals surface area (Å²) in [5, 5.41) is 3.22. The number of rotatable bonds is 8. The minimum Gasteiger partial charge on any atom is -0.491 e. The zero-order valence-corrected chi connectivity index (χ0v) is 12.9. The first kappa shape index (κ1) is 15.5. The number of benzene rings is 1. The van der Waals surface area contributed by atoms with Crippen molar-refractivity contribution in [3.8, 4) is 5.75 Å². The van der Waals surface area contributed by atoms with Crippen molar-refractivity contribution in [2.45, 2.75) is 26.3 Å². The maximum Gasteiger partial charge on any atom is 0.120 e. The normalized spacial score (nSPS) is 12.4. The van der Waals surface area contributed by atoms with Gasteiger partial charge >= 0.3 is 0 Å². The largest absolute Gasteiger partial charge is 0.491 e. The summed E-state index contributed by atoms with van der Waals surface area (Å²) < 4.78 is 12.1. The zero-order chi connectivity index (χ0) is 13.4. The third kappa shape index (κ3) is 4.96. The van der Waals surface area contributed by atoms with Crippen LogP contribution in [-0.2, 0) is 4.74 Å². The minimum absolute atomic E-state index is 0.321. The third-order valence-electron chi connectivity index (χ3n) is 2.72. The number of halogens is 1. The molecule has 0 heterocycles. The lowest BCUT2D eigenvalue weighted by Gasteiger charge is -2.14. The summed E-state index contributed by atoms with van der Waals surface area (Å²) in [7, 11) is 1.95. The first-order valence-corrected chi connectivity index (χ1v) is 7.15. The van der Waals surface area contributed by atoms with E-state index >= 15 is 0 Å². The Morgan fingerprint density at radius 1 is 1.28 bits per heavy atom. The van der Waals surface area contributed by atoms with Crippen LogP contribution < -0.4 is 10.1 Å². The first-order valence-electron chi connectivity index (χ1n) is 6.36. The lowest BCUT2D eigenvalue weighted by Crippen LogP contribution is -2.13. The lowest BCUT2D eigenvalue weighted by molar-refractivity contribution is 0.101. The van der Waals surface area contributed by atoms with Gasteiger partial charge in [0.25, 0.3) is 0 Å².